The first-order chi connectivity index (χ1) is 9.96. The number of hydrogen-bond acceptors (Lipinski definition) is 4. The van der Waals surface area contributed by atoms with Gasteiger partial charge in [-0.15, -0.1) is 0 Å². The molecule has 0 aliphatic rings. The van der Waals surface area contributed by atoms with E-state index >= 15 is 0 Å². The van der Waals surface area contributed by atoms with Crippen molar-refractivity contribution in [1.82, 2.24) is 5.32 Å². The van der Waals surface area contributed by atoms with Crippen molar-refractivity contribution in [2.24, 2.45) is 0 Å². The van der Waals surface area contributed by atoms with Crippen LogP contribution in [-0.2, 0) is 5.54 Å². The molecule has 0 saturated heterocycles. The van der Waals surface area contributed by atoms with Gasteiger partial charge in [0.2, 0.25) is 5.76 Å². The van der Waals surface area contributed by atoms with Crippen LogP contribution in [0.25, 0.3) is 0 Å². The highest BCUT2D eigenvalue weighted by molar-refractivity contribution is 5.84. The Morgan fingerprint density at radius 3 is 2.48 bits per heavy atom. The first-order valence-electron chi connectivity index (χ1n) is 6.73. The minimum atomic E-state index is -1.10. The lowest BCUT2D eigenvalue weighted by Crippen LogP contribution is -2.44. The third-order valence-corrected chi connectivity index (χ3v) is 3.53. The number of nitrogens with one attached hydrogen (secondary N) is 1. The molecule has 1 aromatic heterocycles. The molecule has 0 amide bonds. The van der Waals surface area contributed by atoms with E-state index in [0.29, 0.717) is 5.76 Å². The predicted molar refractivity (Wildman–Crippen MR) is 78.1 cm³/mol. The van der Waals surface area contributed by atoms with Gasteiger partial charge in [-0.25, -0.2) is 4.79 Å². The summed E-state index contributed by atoms with van der Waals surface area (Å²) in [5, 5.41) is 21.9. The Kier molecular flexibility index (Phi) is 4.45. The summed E-state index contributed by atoms with van der Waals surface area (Å²) in [7, 11) is 0. The average Bonchev–Trinajstić information content (AvgIpc) is 2.98. The highest BCUT2D eigenvalue weighted by Crippen LogP contribution is 2.25. The summed E-state index contributed by atoms with van der Waals surface area (Å²) in [5.41, 5.74) is 0.306. The van der Waals surface area contributed by atoms with Crippen molar-refractivity contribution < 1.29 is 19.4 Å². The number of rotatable bonds is 6. The van der Waals surface area contributed by atoms with Crippen molar-refractivity contribution in [3.63, 3.8) is 0 Å². The largest absolute Gasteiger partial charge is 0.475 e. The van der Waals surface area contributed by atoms with Crippen LogP contribution in [0.3, 0.4) is 0 Å². The van der Waals surface area contributed by atoms with Crippen LogP contribution in [0.4, 0.5) is 0 Å². The fraction of sp³-hybridized carbons (Fsp3) is 0.312. The fourth-order valence-electron chi connectivity index (χ4n) is 2.28. The smallest absolute Gasteiger partial charge is 0.371 e. The highest BCUT2D eigenvalue weighted by atomic mass is 16.4. The Bertz CT molecular complexity index is 608. The summed E-state index contributed by atoms with van der Waals surface area (Å²) in [6.45, 7) is 3.66. The molecule has 1 heterocycles. The average molecular weight is 289 g/mol. The molecule has 2 rings (SSSR count). The summed E-state index contributed by atoms with van der Waals surface area (Å²) < 4.78 is 5.29. The molecular weight excluding hydrogens is 270 g/mol. The number of carboxylic acids is 1. The van der Waals surface area contributed by atoms with Gasteiger partial charge in [0.25, 0.3) is 0 Å². The number of aromatic carboxylic acids is 1. The number of carbonyl (C=O) groups is 1. The molecule has 0 fully saturated rings. The number of aliphatic hydroxyl groups excluding tert-OH is 1. The van der Waals surface area contributed by atoms with E-state index in [4.69, 9.17) is 9.52 Å². The summed E-state index contributed by atoms with van der Waals surface area (Å²) in [5.74, 6) is -0.673. The number of aliphatic hydroxyl groups is 1. The van der Waals surface area contributed by atoms with Crippen molar-refractivity contribution in [3.8, 4) is 0 Å². The minimum absolute atomic E-state index is 0.0894. The molecule has 21 heavy (non-hydrogen) atoms. The molecule has 0 spiro atoms. The van der Waals surface area contributed by atoms with Gasteiger partial charge in [0, 0.05) is 0 Å². The van der Waals surface area contributed by atoms with Gasteiger partial charge in [-0.05, 0) is 31.5 Å². The van der Waals surface area contributed by atoms with Crippen molar-refractivity contribution >= 4 is 5.97 Å². The van der Waals surface area contributed by atoms with E-state index in [9.17, 15) is 9.90 Å². The second-order valence-corrected chi connectivity index (χ2v) is 5.23. The van der Waals surface area contributed by atoms with E-state index in [2.05, 4.69) is 5.32 Å². The number of hydrogen-bond donors (Lipinski definition) is 3. The van der Waals surface area contributed by atoms with Crippen molar-refractivity contribution in [2.45, 2.75) is 25.4 Å². The monoisotopic (exact) mass is 289 g/mol. The summed E-state index contributed by atoms with van der Waals surface area (Å²) in [4.78, 5) is 10.8. The number of furan rings is 1. The quantitative estimate of drug-likeness (QED) is 0.761. The molecule has 5 heteroatoms. The Hall–Kier alpha value is -2.11. The van der Waals surface area contributed by atoms with Crippen molar-refractivity contribution in [1.29, 1.82) is 0 Å². The zero-order valence-electron chi connectivity index (χ0n) is 12.0. The lowest BCUT2D eigenvalue weighted by atomic mass is 9.92. The van der Waals surface area contributed by atoms with E-state index in [1.807, 2.05) is 44.2 Å². The van der Waals surface area contributed by atoms with Crippen LogP contribution in [0.15, 0.2) is 46.9 Å². The zero-order valence-corrected chi connectivity index (χ0v) is 12.0. The molecule has 2 aromatic rings. The predicted octanol–water partition coefficient (Wildman–Crippen LogP) is 2.54. The molecule has 112 valence electrons. The van der Waals surface area contributed by atoms with Gasteiger partial charge < -0.3 is 14.6 Å². The second kappa shape index (κ2) is 6.11. The van der Waals surface area contributed by atoms with Crippen LogP contribution < -0.4 is 5.32 Å². The van der Waals surface area contributed by atoms with E-state index in [0.717, 1.165) is 5.56 Å². The summed E-state index contributed by atoms with van der Waals surface area (Å²) in [6, 6.07) is 12.4. The molecular formula is C16H19NO4. The van der Waals surface area contributed by atoms with Crippen LogP contribution in [-0.4, -0.2) is 22.8 Å². The van der Waals surface area contributed by atoms with Crippen LogP contribution in [0.2, 0.25) is 0 Å². The van der Waals surface area contributed by atoms with Gasteiger partial charge in [0.15, 0.2) is 0 Å². The van der Waals surface area contributed by atoms with Gasteiger partial charge in [-0.1, -0.05) is 30.3 Å². The number of carboxylic acid groups (broad SMARTS) is 1. The van der Waals surface area contributed by atoms with Gasteiger partial charge in [0.05, 0.1) is 18.2 Å². The first kappa shape index (κ1) is 15.3. The Morgan fingerprint density at radius 1 is 1.29 bits per heavy atom. The van der Waals surface area contributed by atoms with E-state index in [1.54, 1.807) is 6.07 Å². The molecule has 0 bridgehead atoms. The molecule has 1 aromatic carbocycles. The van der Waals surface area contributed by atoms with Gasteiger partial charge in [-0.3, -0.25) is 5.32 Å². The zero-order chi connectivity index (χ0) is 15.5. The SMILES string of the molecule is CC(NC(C)(CO)c1ccccc1)c1ccc(C(=O)O)o1. The van der Waals surface area contributed by atoms with Crippen LogP contribution in [0.5, 0.6) is 0 Å². The topological polar surface area (TPSA) is 82.7 Å². The van der Waals surface area contributed by atoms with Crippen LogP contribution in [0.1, 0.15) is 41.8 Å². The third-order valence-electron chi connectivity index (χ3n) is 3.53. The van der Waals surface area contributed by atoms with E-state index in [1.165, 1.54) is 6.07 Å². The maximum Gasteiger partial charge on any atom is 0.371 e. The van der Waals surface area contributed by atoms with Crippen molar-refractivity contribution in [3.05, 3.63) is 59.5 Å². The molecule has 3 N–H and O–H groups in total. The standard InChI is InChI=1S/C16H19NO4/c1-11(13-8-9-14(21-13)15(19)20)17-16(2,10-18)12-6-4-3-5-7-12/h3-9,11,17-18H,10H2,1-2H3,(H,19,20). The number of benzene rings is 1. The Labute approximate surface area is 123 Å². The maximum atomic E-state index is 10.8. The van der Waals surface area contributed by atoms with E-state index < -0.39 is 11.5 Å². The molecule has 5 nitrogen and oxygen atoms in total. The van der Waals surface area contributed by atoms with Crippen LogP contribution >= 0.6 is 0 Å². The maximum absolute atomic E-state index is 10.8. The summed E-state index contributed by atoms with van der Waals surface area (Å²) >= 11 is 0. The summed E-state index contributed by atoms with van der Waals surface area (Å²) in [6.07, 6.45) is 0. The molecule has 0 radical (unpaired) electrons. The van der Waals surface area contributed by atoms with Crippen LogP contribution in [0, 0.1) is 0 Å². The highest BCUT2D eigenvalue weighted by Gasteiger charge is 2.28. The molecule has 2 atom stereocenters. The van der Waals surface area contributed by atoms with Gasteiger partial charge in [0.1, 0.15) is 5.76 Å². The molecule has 0 aliphatic carbocycles. The molecule has 0 saturated carbocycles. The molecule has 0 aliphatic heterocycles. The first-order valence-corrected chi connectivity index (χ1v) is 6.73. The fourth-order valence-corrected chi connectivity index (χ4v) is 2.28. The normalized spacial score (nSPS) is 15.4. The Balaban J connectivity index is 2.19. The van der Waals surface area contributed by atoms with E-state index in [-0.39, 0.29) is 18.4 Å². The molecule has 2 unspecified atom stereocenters. The van der Waals surface area contributed by atoms with Gasteiger partial charge >= 0.3 is 5.97 Å². The second-order valence-electron chi connectivity index (χ2n) is 5.23. The lowest BCUT2D eigenvalue weighted by molar-refractivity contribution is 0.0658. The third kappa shape index (κ3) is 3.32. The van der Waals surface area contributed by atoms with Crippen molar-refractivity contribution in [2.75, 3.05) is 6.61 Å². The minimum Gasteiger partial charge on any atom is -0.475 e. The Morgan fingerprint density at radius 2 is 1.95 bits per heavy atom. The van der Waals surface area contributed by atoms with Gasteiger partial charge in [-0.2, -0.15) is 0 Å². The lowest BCUT2D eigenvalue weighted by Gasteiger charge is -2.32.